The van der Waals surface area contributed by atoms with Gasteiger partial charge in [-0.2, -0.15) is 5.26 Å². The lowest BCUT2D eigenvalue weighted by Crippen LogP contribution is -2.43. The molecule has 42 heavy (non-hydrogen) atoms. The summed E-state index contributed by atoms with van der Waals surface area (Å²) in [6.07, 6.45) is 4.79. The summed E-state index contributed by atoms with van der Waals surface area (Å²) in [4.78, 5) is 44.0. The highest BCUT2D eigenvalue weighted by Gasteiger charge is 2.35. The summed E-state index contributed by atoms with van der Waals surface area (Å²) in [5.41, 5.74) is 1.72. The number of pyridine rings is 1. The van der Waals surface area contributed by atoms with E-state index in [1.54, 1.807) is 36.5 Å². The van der Waals surface area contributed by atoms with Crippen LogP contribution in [0.25, 0.3) is 6.08 Å². The predicted molar refractivity (Wildman–Crippen MR) is 168 cm³/mol. The van der Waals surface area contributed by atoms with Crippen LogP contribution in [0.15, 0.2) is 34.0 Å². The van der Waals surface area contributed by atoms with Gasteiger partial charge in [-0.15, -0.1) is 0 Å². The molecule has 1 atom stereocenters. The van der Waals surface area contributed by atoms with Gasteiger partial charge in [-0.1, -0.05) is 49.5 Å². The van der Waals surface area contributed by atoms with Crippen molar-refractivity contribution in [1.82, 2.24) is 9.47 Å². The Morgan fingerprint density at radius 2 is 1.98 bits per heavy atom. The maximum absolute atomic E-state index is 13.7. The minimum absolute atomic E-state index is 0.0498. The molecule has 1 aromatic heterocycles. The molecule has 2 aliphatic rings. The van der Waals surface area contributed by atoms with Crippen molar-refractivity contribution in [3.63, 3.8) is 0 Å². The van der Waals surface area contributed by atoms with Crippen molar-refractivity contribution in [2.24, 2.45) is 5.92 Å². The van der Waals surface area contributed by atoms with Crippen molar-refractivity contribution in [1.29, 1.82) is 5.26 Å². The number of thiocarbonyl (C=S) groups is 1. The Morgan fingerprint density at radius 1 is 1.24 bits per heavy atom. The monoisotopic (exact) mass is 608 g/mol. The second-order valence-electron chi connectivity index (χ2n) is 10.3. The van der Waals surface area contributed by atoms with Crippen LogP contribution in [0.2, 0.25) is 0 Å². The Kier molecular flexibility index (Phi) is 10.5. The molecule has 0 spiro atoms. The van der Waals surface area contributed by atoms with E-state index < -0.39 is 0 Å². The van der Waals surface area contributed by atoms with Gasteiger partial charge in [-0.3, -0.25) is 23.9 Å². The summed E-state index contributed by atoms with van der Waals surface area (Å²) in [5, 5.41) is 9.98. The van der Waals surface area contributed by atoms with Gasteiger partial charge in [-0.05, 0) is 62.4 Å². The van der Waals surface area contributed by atoms with Gasteiger partial charge in [0.15, 0.2) is 0 Å². The van der Waals surface area contributed by atoms with Crippen molar-refractivity contribution < 1.29 is 19.1 Å². The van der Waals surface area contributed by atoms with E-state index in [1.165, 1.54) is 11.8 Å². The molecule has 3 heterocycles. The molecule has 9 nitrogen and oxygen atoms in total. The number of anilines is 1. The van der Waals surface area contributed by atoms with Crippen molar-refractivity contribution in [3.8, 4) is 11.8 Å². The number of carbonyl (C=O) groups excluding carboxylic acids is 2. The molecule has 4 rings (SSSR count). The lowest BCUT2D eigenvalue weighted by atomic mass is 9.96. The largest absolute Gasteiger partial charge is 0.497 e. The highest BCUT2D eigenvalue weighted by Crippen LogP contribution is 2.37. The summed E-state index contributed by atoms with van der Waals surface area (Å²) in [6, 6.07) is 9.55. The molecular weight excluding hydrogens is 572 g/mol. The third-order valence-corrected chi connectivity index (χ3v) is 8.95. The van der Waals surface area contributed by atoms with Gasteiger partial charge in [0, 0.05) is 25.2 Å². The first-order chi connectivity index (χ1) is 20.2. The van der Waals surface area contributed by atoms with E-state index in [0.717, 1.165) is 30.6 Å². The number of esters is 1. The average molecular weight is 609 g/mol. The molecule has 0 saturated carbocycles. The van der Waals surface area contributed by atoms with E-state index in [1.807, 2.05) is 36.1 Å². The zero-order chi connectivity index (χ0) is 30.4. The second kappa shape index (κ2) is 14.0. The van der Waals surface area contributed by atoms with Crippen LogP contribution in [-0.4, -0.2) is 52.5 Å². The van der Waals surface area contributed by atoms with Gasteiger partial charge in [0.25, 0.3) is 11.5 Å². The second-order valence-corrected chi connectivity index (χ2v) is 12.0. The summed E-state index contributed by atoms with van der Waals surface area (Å²) >= 11 is 6.81. The first kappa shape index (κ1) is 31.3. The summed E-state index contributed by atoms with van der Waals surface area (Å²) in [5.74, 6) is 0.524. The molecule has 0 bridgehead atoms. The van der Waals surface area contributed by atoms with E-state index in [4.69, 9.17) is 21.7 Å². The summed E-state index contributed by atoms with van der Waals surface area (Å²) in [7, 11) is 1.60. The van der Waals surface area contributed by atoms with Crippen LogP contribution in [0, 0.1) is 24.2 Å². The predicted octanol–water partition coefficient (Wildman–Crippen LogP) is 5.02. The number of thioether (sulfide) groups is 1. The van der Waals surface area contributed by atoms with E-state index >= 15 is 0 Å². The van der Waals surface area contributed by atoms with Gasteiger partial charge in [0.05, 0.1) is 31.1 Å². The fraction of sp³-hybridized carbons (Fsp3) is 0.452. The number of nitriles is 1. The summed E-state index contributed by atoms with van der Waals surface area (Å²) < 4.78 is 12.6. The van der Waals surface area contributed by atoms with E-state index in [0.29, 0.717) is 65.4 Å². The molecule has 2 aliphatic heterocycles. The number of methoxy groups -OCH3 is 1. The van der Waals surface area contributed by atoms with Crippen molar-refractivity contribution in [2.45, 2.75) is 59.5 Å². The molecule has 2 fully saturated rings. The van der Waals surface area contributed by atoms with Crippen molar-refractivity contribution in [3.05, 3.63) is 61.8 Å². The van der Waals surface area contributed by atoms with Gasteiger partial charge >= 0.3 is 5.97 Å². The van der Waals surface area contributed by atoms with Crippen LogP contribution in [0.5, 0.6) is 5.75 Å². The lowest BCUT2D eigenvalue weighted by Gasteiger charge is -2.36. The Balaban J connectivity index is 1.79. The molecule has 1 amide bonds. The average Bonchev–Trinajstić information content (AvgIpc) is 3.25. The van der Waals surface area contributed by atoms with E-state index in [2.05, 4.69) is 6.07 Å². The molecule has 0 aliphatic carbocycles. The number of unbranched alkanes of at least 4 members (excludes halogenated alkanes) is 1. The third kappa shape index (κ3) is 6.55. The minimum Gasteiger partial charge on any atom is -0.497 e. The maximum Gasteiger partial charge on any atom is 0.310 e. The fourth-order valence-corrected chi connectivity index (χ4v) is 6.55. The Labute approximate surface area is 256 Å². The lowest BCUT2D eigenvalue weighted by molar-refractivity contribution is -0.148. The van der Waals surface area contributed by atoms with Crippen LogP contribution >= 0.6 is 24.0 Å². The first-order valence-corrected chi connectivity index (χ1v) is 15.4. The van der Waals surface area contributed by atoms with Gasteiger partial charge < -0.3 is 14.4 Å². The number of piperidine rings is 1. The highest BCUT2D eigenvalue weighted by molar-refractivity contribution is 8.26. The molecule has 2 aromatic rings. The number of amides is 1. The number of ether oxygens (including phenoxy) is 2. The molecule has 0 N–H and O–H groups in total. The maximum atomic E-state index is 13.7. The topological polar surface area (TPSA) is 105 Å². The first-order valence-electron chi connectivity index (χ1n) is 14.2. The number of carbonyl (C=O) groups is 2. The fourth-order valence-electron chi connectivity index (χ4n) is 5.31. The van der Waals surface area contributed by atoms with Crippen LogP contribution in [0.1, 0.15) is 61.8 Å². The number of hydrogen-bond donors (Lipinski definition) is 0. The van der Waals surface area contributed by atoms with Crippen molar-refractivity contribution >= 4 is 52.1 Å². The molecule has 11 heteroatoms. The smallest absolute Gasteiger partial charge is 0.310 e. The van der Waals surface area contributed by atoms with E-state index in [-0.39, 0.29) is 28.9 Å². The summed E-state index contributed by atoms with van der Waals surface area (Å²) in [6.45, 7) is 7.61. The third-order valence-electron chi connectivity index (χ3n) is 7.57. The standard InChI is InChI=1S/C31H36N4O5S2/c1-5-7-15-34-27(33-14-8-9-22(19-33)30(38)40-6-2)24(20(3)25(17-32)28(34)36)16-26-29(37)35(31(41)42-26)18-21-10-12-23(39-4)13-11-21/h10-13,16,22H,5-9,14-15,18-19H2,1-4H3/b26-16+. The number of benzene rings is 1. The zero-order valence-electron chi connectivity index (χ0n) is 24.5. The Morgan fingerprint density at radius 3 is 2.62 bits per heavy atom. The van der Waals surface area contributed by atoms with Crippen LogP contribution < -0.4 is 15.2 Å². The van der Waals surface area contributed by atoms with E-state index in [9.17, 15) is 19.6 Å². The zero-order valence-corrected chi connectivity index (χ0v) is 26.1. The quantitative estimate of drug-likeness (QED) is 0.209. The normalized spacial score (nSPS) is 18.0. The molecule has 0 radical (unpaired) electrons. The minimum atomic E-state index is -0.360. The number of hydrogen-bond acceptors (Lipinski definition) is 9. The molecule has 1 aromatic carbocycles. The Hall–Kier alpha value is -3.62. The van der Waals surface area contributed by atoms with Gasteiger partial charge in [0.2, 0.25) is 0 Å². The van der Waals surface area contributed by atoms with Crippen LogP contribution in [0.4, 0.5) is 5.82 Å². The van der Waals surface area contributed by atoms with Gasteiger partial charge in [-0.25, -0.2) is 0 Å². The molecule has 222 valence electrons. The number of rotatable bonds is 10. The Bertz CT molecular complexity index is 1490. The SMILES string of the molecule is CCCCn1c(N2CCCC(C(=O)OCC)C2)c(/C=C2/SC(=S)N(Cc3ccc(OC)cc3)C2=O)c(C)c(C#N)c1=O. The molecular formula is C31H36N4O5S2. The van der Waals surface area contributed by atoms with Crippen LogP contribution in [0.3, 0.4) is 0 Å². The molecule has 2 saturated heterocycles. The molecule has 1 unspecified atom stereocenters. The van der Waals surface area contributed by atoms with Crippen LogP contribution in [-0.2, 0) is 27.4 Å². The number of nitrogens with zero attached hydrogens (tertiary/aromatic N) is 4. The van der Waals surface area contributed by atoms with Crippen molar-refractivity contribution in [2.75, 3.05) is 31.7 Å². The van der Waals surface area contributed by atoms with Gasteiger partial charge in [0.1, 0.15) is 27.5 Å². The number of aromatic nitrogens is 1. The highest BCUT2D eigenvalue weighted by atomic mass is 32.2.